The lowest BCUT2D eigenvalue weighted by molar-refractivity contribution is -0.114. The molecule has 26 heavy (non-hydrogen) atoms. The topological polar surface area (TPSA) is 83.6 Å². The molecule has 0 radical (unpaired) electrons. The highest BCUT2D eigenvalue weighted by atomic mass is 16.5. The molecule has 0 aliphatic carbocycles. The van der Waals surface area contributed by atoms with Crippen molar-refractivity contribution in [2.24, 2.45) is 0 Å². The van der Waals surface area contributed by atoms with E-state index in [9.17, 15) is 9.59 Å². The molecule has 0 saturated carbocycles. The van der Waals surface area contributed by atoms with Crippen LogP contribution in [0.2, 0.25) is 0 Å². The van der Waals surface area contributed by atoms with E-state index in [1.807, 2.05) is 19.1 Å². The van der Waals surface area contributed by atoms with Gasteiger partial charge < -0.3 is 20.3 Å². The van der Waals surface area contributed by atoms with Crippen LogP contribution >= 0.6 is 0 Å². The second-order valence-electron chi connectivity index (χ2n) is 6.16. The van der Waals surface area contributed by atoms with Gasteiger partial charge in [0.05, 0.1) is 13.2 Å². The molecule has 1 fully saturated rings. The van der Waals surface area contributed by atoms with Gasteiger partial charge in [-0.05, 0) is 42.8 Å². The number of aryl methyl sites for hydroxylation is 1. The number of nitrogens with one attached hydrogen (secondary N) is 2. The molecule has 1 saturated heterocycles. The second kappa shape index (κ2) is 7.97. The van der Waals surface area contributed by atoms with Crippen molar-refractivity contribution in [2.75, 3.05) is 41.8 Å². The first-order valence-corrected chi connectivity index (χ1v) is 8.51. The van der Waals surface area contributed by atoms with Crippen molar-refractivity contribution in [1.29, 1.82) is 0 Å². The number of hydrogen-bond acceptors (Lipinski definition) is 5. The van der Waals surface area contributed by atoms with Gasteiger partial charge >= 0.3 is 0 Å². The summed E-state index contributed by atoms with van der Waals surface area (Å²) in [5.74, 6) is -0.402. The van der Waals surface area contributed by atoms with Crippen LogP contribution in [0.1, 0.15) is 23.0 Å². The summed E-state index contributed by atoms with van der Waals surface area (Å²) in [6.45, 7) is 6.30. The SMILES string of the molecule is CC(=O)Nc1ccc(NC(=O)c2cc(N3CCOCC3)ccn2)cc1C. The van der Waals surface area contributed by atoms with Crippen molar-refractivity contribution in [1.82, 2.24) is 4.98 Å². The largest absolute Gasteiger partial charge is 0.378 e. The lowest BCUT2D eigenvalue weighted by Crippen LogP contribution is -2.36. The third-order valence-electron chi connectivity index (χ3n) is 4.15. The van der Waals surface area contributed by atoms with Gasteiger partial charge in [0.2, 0.25) is 5.91 Å². The highest BCUT2D eigenvalue weighted by Crippen LogP contribution is 2.21. The van der Waals surface area contributed by atoms with E-state index in [1.165, 1.54) is 6.92 Å². The smallest absolute Gasteiger partial charge is 0.274 e. The number of anilines is 3. The second-order valence-corrected chi connectivity index (χ2v) is 6.16. The number of hydrogen-bond donors (Lipinski definition) is 2. The minimum atomic E-state index is -0.271. The van der Waals surface area contributed by atoms with E-state index >= 15 is 0 Å². The maximum atomic E-state index is 12.5. The molecule has 2 heterocycles. The molecule has 0 bridgehead atoms. The van der Waals surface area contributed by atoms with Crippen LogP contribution in [-0.2, 0) is 9.53 Å². The predicted octanol–water partition coefficient (Wildman–Crippen LogP) is 2.44. The van der Waals surface area contributed by atoms with Gasteiger partial charge in [-0.3, -0.25) is 14.6 Å². The molecule has 3 rings (SSSR count). The van der Waals surface area contributed by atoms with Crippen molar-refractivity contribution >= 4 is 28.9 Å². The fourth-order valence-corrected chi connectivity index (χ4v) is 2.83. The van der Waals surface area contributed by atoms with Crippen LogP contribution in [0.25, 0.3) is 0 Å². The fourth-order valence-electron chi connectivity index (χ4n) is 2.83. The molecule has 0 spiro atoms. The number of rotatable bonds is 4. The first-order chi connectivity index (χ1) is 12.5. The van der Waals surface area contributed by atoms with Gasteiger partial charge in [0.25, 0.3) is 5.91 Å². The molecular weight excluding hydrogens is 332 g/mol. The van der Waals surface area contributed by atoms with Gasteiger partial charge in [0.1, 0.15) is 5.69 Å². The number of benzene rings is 1. The third kappa shape index (κ3) is 4.37. The molecule has 2 amide bonds. The van der Waals surface area contributed by atoms with Gasteiger partial charge in [0.15, 0.2) is 0 Å². The molecule has 0 unspecified atom stereocenters. The van der Waals surface area contributed by atoms with Gasteiger partial charge in [-0.25, -0.2) is 0 Å². The van der Waals surface area contributed by atoms with Gasteiger partial charge in [-0.2, -0.15) is 0 Å². The average Bonchev–Trinajstić information content (AvgIpc) is 2.64. The predicted molar refractivity (Wildman–Crippen MR) is 101 cm³/mol. The number of aromatic nitrogens is 1. The van der Waals surface area contributed by atoms with Crippen LogP contribution in [-0.4, -0.2) is 43.1 Å². The molecular formula is C19H22N4O3. The van der Waals surface area contributed by atoms with E-state index in [4.69, 9.17) is 4.74 Å². The number of pyridine rings is 1. The number of carbonyl (C=O) groups is 2. The summed E-state index contributed by atoms with van der Waals surface area (Å²) in [7, 11) is 0. The summed E-state index contributed by atoms with van der Waals surface area (Å²) in [5, 5.41) is 5.60. The zero-order chi connectivity index (χ0) is 18.5. The molecule has 1 aromatic carbocycles. The maximum Gasteiger partial charge on any atom is 0.274 e. The Hall–Kier alpha value is -2.93. The van der Waals surface area contributed by atoms with E-state index in [-0.39, 0.29) is 11.8 Å². The first-order valence-electron chi connectivity index (χ1n) is 8.51. The van der Waals surface area contributed by atoms with Crippen LogP contribution in [0.3, 0.4) is 0 Å². The third-order valence-corrected chi connectivity index (χ3v) is 4.15. The normalized spacial score (nSPS) is 14.0. The van der Waals surface area contributed by atoms with Gasteiger partial charge in [0, 0.05) is 43.3 Å². The maximum absolute atomic E-state index is 12.5. The number of carbonyl (C=O) groups excluding carboxylic acids is 2. The Labute approximate surface area is 152 Å². The van der Waals surface area contributed by atoms with Crippen molar-refractivity contribution in [2.45, 2.75) is 13.8 Å². The first kappa shape index (κ1) is 17.9. The Balaban J connectivity index is 1.71. The standard InChI is InChI=1S/C19H22N4O3/c1-13-11-15(3-4-17(13)21-14(2)24)22-19(25)18-12-16(5-6-20-18)23-7-9-26-10-8-23/h3-6,11-12H,7-10H2,1-2H3,(H,21,24)(H,22,25). The fraction of sp³-hybridized carbons (Fsp3) is 0.316. The van der Waals surface area contributed by atoms with E-state index in [2.05, 4.69) is 20.5 Å². The highest BCUT2D eigenvalue weighted by molar-refractivity contribution is 6.03. The molecule has 2 N–H and O–H groups in total. The monoisotopic (exact) mass is 354 g/mol. The molecule has 136 valence electrons. The van der Waals surface area contributed by atoms with Crippen LogP contribution in [0, 0.1) is 6.92 Å². The zero-order valence-corrected chi connectivity index (χ0v) is 14.9. The molecule has 7 heteroatoms. The average molecular weight is 354 g/mol. The minimum absolute atomic E-state index is 0.131. The molecule has 1 aromatic heterocycles. The number of ether oxygens (including phenoxy) is 1. The van der Waals surface area contributed by atoms with E-state index in [0.29, 0.717) is 24.6 Å². The molecule has 1 aliphatic rings. The van der Waals surface area contributed by atoms with Crippen molar-refractivity contribution in [3.63, 3.8) is 0 Å². The Morgan fingerprint density at radius 3 is 2.58 bits per heavy atom. The summed E-state index contributed by atoms with van der Waals surface area (Å²) in [6, 6.07) is 9.02. The Bertz CT molecular complexity index is 816. The van der Waals surface area contributed by atoms with E-state index < -0.39 is 0 Å². The molecule has 2 aromatic rings. The lowest BCUT2D eigenvalue weighted by atomic mass is 10.1. The van der Waals surface area contributed by atoms with Crippen LogP contribution < -0.4 is 15.5 Å². The number of morpholine rings is 1. The summed E-state index contributed by atoms with van der Waals surface area (Å²) >= 11 is 0. The molecule has 1 aliphatic heterocycles. The summed E-state index contributed by atoms with van der Waals surface area (Å²) < 4.78 is 5.36. The Morgan fingerprint density at radius 2 is 1.88 bits per heavy atom. The zero-order valence-electron chi connectivity index (χ0n) is 14.9. The summed E-state index contributed by atoms with van der Waals surface area (Å²) in [5.41, 5.74) is 3.57. The summed E-state index contributed by atoms with van der Waals surface area (Å²) in [4.78, 5) is 30.1. The van der Waals surface area contributed by atoms with Crippen LogP contribution in [0.15, 0.2) is 36.5 Å². The quantitative estimate of drug-likeness (QED) is 0.881. The highest BCUT2D eigenvalue weighted by Gasteiger charge is 2.15. The Morgan fingerprint density at radius 1 is 1.12 bits per heavy atom. The van der Waals surface area contributed by atoms with E-state index in [0.717, 1.165) is 30.0 Å². The number of amides is 2. The molecule has 0 atom stereocenters. The van der Waals surface area contributed by atoms with Gasteiger partial charge in [-0.1, -0.05) is 0 Å². The minimum Gasteiger partial charge on any atom is -0.378 e. The van der Waals surface area contributed by atoms with Crippen LogP contribution in [0.5, 0.6) is 0 Å². The van der Waals surface area contributed by atoms with E-state index in [1.54, 1.807) is 24.4 Å². The van der Waals surface area contributed by atoms with Crippen LogP contribution in [0.4, 0.5) is 17.1 Å². The number of nitrogens with zero attached hydrogens (tertiary/aromatic N) is 2. The molecule has 7 nitrogen and oxygen atoms in total. The van der Waals surface area contributed by atoms with Crippen molar-refractivity contribution in [3.05, 3.63) is 47.8 Å². The van der Waals surface area contributed by atoms with Gasteiger partial charge in [-0.15, -0.1) is 0 Å². The van der Waals surface area contributed by atoms with Crippen molar-refractivity contribution < 1.29 is 14.3 Å². The lowest BCUT2D eigenvalue weighted by Gasteiger charge is -2.28. The summed E-state index contributed by atoms with van der Waals surface area (Å²) in [6.07, 6.45) is 1.64. The van der Waals surface area contributed by atoms with Crippen molar-refractivity contribution in [3.8, 4) is 0 Å². The Kier molecular flexibility index (Phi) is 5.48.